The number of carbonyl (C=O) groups excluding carboxylic acids is 1. The second-order valence-electron chi connectivity index (χ2n) is 8.97. The number of nitrogens with zero attached hydrogens (tertiary/aromatic N) is 4. The normalized spacial score (nSPS) is 13.3. The summed E-state index contributed by atoms with van der Waals surface area (Å²) in [6.07, 6.45) is 3.49. The molecule has 2 aromatic heterocycles. The molecule has 0 atom stereocenters. The monoisotopic (exact) mass is 452 g/mol. The number of carbonyl (C=O) groups is 1. The van der Waals surface area contributed by atoms with Gasteiger partial charge in [-0.1, -0.05) is 50.2 Å². The van der Waals surface area contributed by atoms with Crippen molar-refractivity contribution in [3.63, 3.8) is 0 Å². The maximum atomic E-state index is 13.1. The molecule has 2 aromatic carbocycles. The Kier molecular flexibility index (Phi) is 5.88. The van der Waals surface area contributed by atoms with Gasteiger partial charge in [-0.25, -0.2) is 0 Å². The third-order valence-electron chi connectivity index (χ3n) is 6.30. The summed E-state index contributed by atoms with van der Waals surface area (Å²) in [5, 5.41) is 4.81. The molecule has 3 heterocycles. The van der Waals surface area contributed by atoms with Crippen LogP contribution in [0.3, 0.4) is 0 Å². The van der Waals surface area contributed by atoms with Crippen LogP contribution in [0.4, 0.5) is 0 Å². The van der Waals surface area contributed by atoms with Gasteiger partial charge in [0.25, 0.3) is 5.91 Å². The molecular formula is C28H28N4O2. The Morgan fingerprint density at radius 3 is 2.29 bits per heavy atom. The minimum atomic E-state index is -0.0146. The third-order valence-corrected chi connectivity index (χ3v) is 6.30. The van der Waals surface area contributed by atoms with Crippen LogP contribution < -0.4 is 4.74 Å². The lowest BCUT2D eigenvalue weighted by Crippen LogP contribution is -2.37. The van der Waals surface area contributed by atoms with Crippen molar-refractivity contribution in [2.24, 2.45) is 0 Å². The van der Waals surface area contributed by atoms with E-state index in [4.69, 9.17) is 9.84 Å². The number of benzene rings is 2. The van der Waals surface area contributed by atoms with Crippen LogP contribution in [0.15, 0.2) is 73.1 Å². The summed E-state index contributed by atoms with van der Waals surface area (Å²) in [4.78, 5) is 19.0. The summed E-state index contributed by atoms with van der Waals surface area (Å²) in [6.45, 7) is 6.21. The van der Waals surface area contributed by atoms with Gasteiger partial charge in [0.2, 0.25) is 0 Å². The zero-order valence-corrected chi connectivity index (χ0v) is 19.7. The van der Waals surface area contributed by atoms with Crippen molar-refractivity contribution in [1.29, 1.82) is 0 Å². The smallest absolute Gasteiger partial charge is 0.272 e. The number of hydrogen-bond acceptors (Lipinski definition) is 4. The number of ether oxygens (including phenoxy) is 1. The van der Waals surface area contributed by atoms with Gasteiger partial charge < -0.3 is 9.64 Å². The quantitative estimate of drug-likeness (QED) is 0.393. The molecule has 6 nitrogen and oxygen atoms in total. The van der Waals surface area contributed by atoms with Crippen molar-refractivity contribution < 1.29 is 9.53 Å². The van der Waals surface area contributed by atoms with Crippen molar-refractivity contribution in [3.8, 4) is 28.1 Å². The van der Waals surface area contributed by atoms with Crippen LogP contribution in [0.1, 0.15) is 41.4 Å². The first kappa shape index (κ1) is 21.9. The zero-order valence-electron chi connectivity index (χ0n) is 19.7. The van der Waals surface area contributed by atoms with Crippen molar-refractivity contribution in [2.75, 3.05) is 13.6 Å². The Balaban J connectivity index is 1.43. The van der Waals surface area contributed by atoms with Gasteiger partial charge in [-0.15, -0.1) is 0 Å². The van der Waals surface area contributed by atoms with Gasteiger partial charge in [0.05, 0.1) is 6.54 Å². The molecule has 5 rings (SSSR count). The van der Waals surface area contributed by atoms with Crippen LogP contribution in [0.2, 0.25) is 0 Å². The van der Waals surface area contributed by atoms with E-state index in [0.29, 0.717) is 31.3 Å². The Labute approximate surface area is 199 Å². The van der Waals surface area contributed by atoms with Gasteiger partial charge in [-0.3, -0.25) is 14.5 Å². The number of aromatic nitrogens is 3. The minimum Gasteiger partial charge on any atom is -0.489 e. The summed E-state index contributed by atoms with van der Waals surface area (Å²) in [7, 11) is 1.83. The van der Waals surface area contributed by atoms with Gasteiger partial charge in [-0.05, 0) is 46.9 Å². The number of amides is 1. The highest BCUT2D eigenvalue weighted by atomic mass is 16.5. The molecule has 6 heteroatoms. The summed E-state index contributed by atoms with van der Waals surface area (Å²) >= 11 is 0. The second kappa shape index (κ2) is 9.14. The average Bonchev–Trinajstić information content (AvgIpc) is 3.26. The lowest BCUT2D eigenvalue weighted by Gasteiger charge is -2.24. The molecule has 0 unspecified atom stereocenters. The SMILES string of the molecule is CC(C)c1ccc(COc2ccc(-c3c(-c4ccncc4)nn4c3C(=O)N(C)CC4)cc2)cc1. The number of hydrogen-bond donors (Lipinski definition) is 0. The molecule has 0 fully saturated rings. The average molecular weight is 453 g/mol. The van der Waals surface area contributed by atoms with Crippen LogP contribution in [0.5, 0.6) is 5.75 Å². The first-order valence-electron chi connectivity index (χ1n) is 11.6. The Bertz CT molecular complexity index is 1290. The summed E-state index contributed by atoms with van der Waals surface area (Å²) in [6, 6.07) is 20.3. The molecular weight excluding hydrogens is 424 g/mol. The predicted octanol–water partition coefficient (Wildman–Crippen LogP) is 5.40. The van der Waals surface area contributed by atoms with Crippen molar-refractivity contribution in [1.82, 2.24) is 19.7 Å². The van der Waals surface area contributed by atoms with Crippen LogP contribution >= 0.6 is 0 Å². The van der Waals surface area contributed by atoms with Gasteiger partial charge in [0.15, 0.2) is 0 Å². The highest BCUT2D eigenvalue weighted by Crippen LogP contribution is 2.37. The molecule has 0 aliphatic carbocycles. The fourth-order valence-corrected chi connectivity index (χ4v) is 4.24. The van der Waals surface area contributed by atoms with E-state index >= 15 is 0 Å². The van der Waals surface area contributed by atoms with E-state index in [9.17, 15) is 4.79 Å². The number of rotatable bonds is 6. The van der Waals surface area contributed by atoms with Crippen LogP contribution in [-0.4, -0.2) is 39.2 Å². The molecule has 34 heavy (non-hydrogen) atoms. The number of pyridine rings is 1. The summed E-state index contributed by atoms with van der Waals surface area (Å²) < 4.78 is 7.86. The molecule has 0 bridgehead atoms. The largest absolute Gasteiger partial charge is 0.489 e. The van der Waals surface area contributed by atoms with E-state index in [2.05, 4.69) is 43.1 Å². The van der Waals surface area contributed by atoms with E-state index in [1.54, 1.807) is 17.3 Å². The van der Waals surface area contributed by atoms with E-state index in [1.165, 1.54) is 5.56 Å². The van der Waals surface area contributed by atoms with Gasteiger partial charge in [-0.2, -0.15) is 5.10 Å². The summed E-state index contributed by atoms with van der Waals surface area (Å²) in [5.74, 6) is 1.28. The molecule has 172 valence electrons. The Hall–Kier alpha value is -3.93. The topological polar surface area (TPSA) is 60.3 Å². The fraction of sp³-hybridized carbons (Fsp3) is 0.250. The molecule has 0 N–H and O–H groups in total. The lowest BCUT2D eigenvalue weighted by molar-refractivity contribution is 0.0744. The molecule has 1 aliphatic heterocycles. The van der Waals surface area contributed by atoms with E-state index < -0.39 is 0 Å². The van der Waals surface area contributed by atoms with Gasteiger partial charge >= 0.3 is 0 Å². The van der Waals surface area contributed by atoms with Crippen molar-refractivity contribution >= 4 is 5.91 Å². The van der Waals surface area contributed by atoms with Crippen LogP contribution in [0, 0.1) is 0 Å². The van der Waals surface area contributed by atoms with E-state index in [1.807, 2.05) is 48.1 Å². The predicted molar refractivity (Wildman–Crippen MR) is 133 cm³/mol. The summed E-state index contributed by atoms with van der Waals surface area (Å²) in [5.41, 5.74) is 6.59. The van der Waals surface area contributed by atoms with Gasteiger partial charge in [0, 0.05) is 37.1 Å². The Morgan fingerprint density at radius 1 is 0.912 bits per heavy atom. The van der Waals surface area contributed by atoms with Crippen LogP contribution in [-0.2, 0) is 13.2 Å². The standard InChI is InChI=1S/C28H28N4O2/c1-19(2)21-6-4-20(5-7-21)18-34-24-10-8-22(9-11-24)25-26(23-12-14-29-15-13-23)30-32-17-16-31(3)28(33)27(25)32/h4-15,19H,16-18H2,1-3H3. The second-order valence-corrected chi connectivity index (χ2v) is 8.97. The van der Waals surface area contributed by atoms with E-state index in [0.717, 1.165) is 33.7 Å². The molecule has 0 saturated heterocycles. The molecule has 1 amide bonds. The van der Waals surface area contributed by atoms with Gasteiger partial charge in [0.1, 0.15) is 23.7 Å². The van der Waals surface area contributed by atoms with E-state index in [-0.39, 0.29) is 5.91 Å². The van der Waals surface area contributed by atoms with Crippen molar-refractivity contribution in [3.05, 3.63) is 89.9 Å². The highest BCUT2D eigenvalue weighted by Gasteiger charge is 2.30. The Morgan fingerprint density at radius 2 is 1.62 bits per heavy atom. The molecule has 0 radical (unpaired) electrons. The molecule has 1 aliphatic rings. The maximum absolute atomic E-state index is 13.1. The number of likely N-dealkylation sites (N-methyl/N-ethyl adjacent to an activating group) is 1. The maximum Gasteiger partial charge on any atom is 0.272 e. The molecule has 0 saturated carbocycles. The number of fused-ring (bicyclic) bond motifs is 1. The fourth-order valence-electron chi connectivity index (χ4n) is 4.24. The lowest BCUT2D eigenvalue weighted by atomic mass is 9.98. The minimum absolute atomic E-state index is 0.0146. The highest BCUT2D eigenvalue weighted by molar-refractivity contribution is 6.03. The van der Waals surface area contributed by atoms with Crippen LogP contribution in [0.25, 0.3) is 22.4 Å². The molecule has 0 spiro atoms. The van der Waals surface area contributed by atoms with Crippen molar-refractivity contribution in [2.45, 2.75) is 32.9 Å². The third kappa shape index (κ3) is 4.19. The zero-order chi connectivity index (χ0) is 23.7. The first-order chi connectivity index (χ1) is 16.5. The first-order valence-corrected chi connectivity index (χ1v) is 11.6. The molecule has 4 aromatic rings.